The van der Waals surface area contributed by atoms with Crippen molar-refractivity contribution in [2.24, 2.45) is 0 Å². The molecule has 10 heteroatoms. The number of benzene rings is 3. The van der Waals surface area contributed by atoms with Crippen molar-refractivity contribution in [1.29, 1.82) is 0 Å². The van der Waals surface area contributed by atoms with Crippen LogP contribution >= 0.6 is 0 Å². The highest BCUT2D eigenvalue weighted by Crippen LogP contribution is 2.37. The van der Waals surface area contributed by atoms with E-state index in [2.05, 4.69) is 136 Å². The molecule has 0 spiro atoms. The molecule has 6 heterocycles. The summed E-state index contributed by atoms with van der Waals surface area (Å²) in [5.74, 6) is 1.71. The molecule has 0 saturated carbocycles. The summed E-state index contributed by atoms with van der Waals surface area (Å²) >= 11 is 0. The number of amides is 1. The van der Waals surface area contributed by atoms with Gasteiger partial charge in [-0.3, -0.25) is 19.1 Å². The molecule has 0 unspecified atom stereocenters. The van der Waals surface area contributed by atoms with Gasteiger partial charge < -0.3 is 16.0 Å². The first kappa shape index (κ1) is 34.8. The predicted molar refractivity (Wildman–Crippen MR) is 219 cm³/mol. The van der Waals surface area contributed by atoms with E-state index in [-0.39, 0.29) is 11.9 Å². The fraction of sp³-hybridized carbons (Fsp3) is 0.267. The molecule has 0 radical (unpaired) electrons. The third kappa shape index (κ3) is 7.18. The quantitative estimate of drug-likeness (QED) is 0.123. The fourth-order valence-electron chi connectivity index (χ4n) is 8.16. The van der Waals surface area contributed by atoms with E-state index in [0.29, 0.717) is 6.42 Å². The van der Waals surface area contributed by atoms with Gasteiger partial charge in [0.1, 0.15) is 5.52 Å². The van der Waals surface area contributed by atoms with Crippen LogP contribution in [0.1, 0.15) is 47.9 Å². The number of carbonyl (C=O) groups is 1. The van der Waals surface area contributed by atoms with Crippen molar-refractivity contribution in [3.8, 4) is 33.6 Å². The van der Waals surface area contributed by atoms with E-state index in [1.165, 1.54) is 40.7 Å². The summed E-state index contributed by atoms with van der Waals surface area (Å²) in [5.41, 5.74) is 13.0. The monoisotopic (exact) mass is 727 g/mol. The average molecular weight is 728 g/mol. The van der Waals surface area contributed by atoms with Crippen LogP contribution in [0.25, 0.3) is 50.2 Å². The van der Waals surface area contributed by atoms with Crippen LogP contribution in [0.4, 0.5) is 11.5 Å². The molecule has 4 aromatic heterocycles. The van der Waals surface area contributed by atoms with E-state index < -0.39 is 0 Å². The first-order chi connectivity index (χ1) is 27.0. The summed E-state index contributed by atoms with van der Waals surface area (Å²) in [6, 6.07) is 30.1. The molecule has 7 aromatic rings. The lowest BCUT2D eigenvalue weighted by Gasteiger charge is -2.18. The summed E-state index contributed by atoms with van der Waals surface area (Å²) in [6.07, 6.45) is 10.0. The molecule has 3 aromatic carbocycles. The summed E-state index contributed by atoms with van der Waals surface area (Å²) in [4.78, 5) is 23.6. The second kappa shape index (κ2) is 15.0. The second-order valence-corrected chi connectivity index (χ2v) is 14.9. The molecule has 2 saturated heterocycles. The van der Waals surface area contributed by atoms with Crippen LogP contribution in [0.15, 0.2) is 104 Å². The number of nitrogens with one attached hydrogen (secondary N) is 3. The van der Waals surface area contributed by atoms with Crippen molar-refractivity contribution in [3.63, 3.8) is 0 Å². The smallest absolute Gasteiger partial charge is 0.220 e. The number of rotatable bonds is 11. The molecule has 10 nitrogen and oxygen atoms in total. The molecule has 0 bridgehead atoms. The van der Waals surface area contributed by atoms with Gasteiger partial charge in [-0.2, -0.15) is 0 Å². The van der Waals surface area contributed by atoms with Crippen LogP contribution in [0.3, 0.4) is 0 Å². The maximum absolute atomic E-state index is 11.5. The summed E-state index contributed by atoms with van der Waals surface area (Å²) in [5, 5.41) is 20.3. The first-order valence-electron chi connectivity index (χ1n) is 19.3. The standard InChI is InChI=1S/C45H45N9O/c1-29-37(34-18-22-54-41(24-34)51-52-45(54)33-13-11-31(12-14-33)25-46-27-36-15-16-42(55)49-36)7-5-8-38(29)39-9-6-10-40(30(39)2)50-44-43-35(17-19-47-44)23-32(26-48-43)28-53-20-3-4-21-53/h5-14,17-19,22-24,26,36,46H,3-4,15-16,20-21,25,27-28H2,1-2H3,(H,47,50)(H,49,55)/t36-/m0/s1. The van der Waals surface area contributed by atoms with Crippen molar-refractivity contribution in [2.45, 2.75) is 58.7 Å². The molecular weight excluding hydrogens is 683 g/mol. The van der Waals surface area contributed by atoms with Crippen LogP contribution in [0.2, 0.25) is 0 Å². The number of hydrogen-bond acceptors (Lipinski definition) is 8. The van der Waals surface area contributed by atoms with E-state index >= 15 is 0 Å². The number of fused-ring (bicyclic) bond motifs is 2. The highest BCUT2D eigenvalue weighted by molar-refractivity contribution is 5.91. The zero-order valence-electron chi connectivity index (χ0n) is 31.3. The topological polar surface area (TPSA) is 112 Å². The Balaban J connectivity index is 0.931. The maximum Gasteiger partial charge on any atom is 0.220 e. The molecule has 9 rings (SSSR count). The van der Waals surface area contributed by atoms with E-state index in [9.17, 15) is 4.79 Å². The van der Waals surface area contributed by atoms with E-state index in [0.717, 1.165) is 95.3 Å². The number of pyridine rings is 3. The Morgan fingerprint density at radius 2 is 1.62 bits per heavy atom. The zero-order valence-corrected chi connectivity index (χ0v) is 31.3. The lowest BCUT2D eigenvalue weighted by Crippen LogP contribution is -2.35. The van der Waals surface area contributed by atoms with Crippen LogP contribution in [0, 0.1) is 13.8 Å². The lowest BCUT2D eigenvalue weighted by atomic mass is 9.90. The lowest BCUT2D eigenvalue weighted by molar-refractivity contribution is -0.119. The molecule has 55 heavy (non-hydrogen) atoms. The second-order valence-electron chi connectivity index (χ2n) is 14.9. The molecule has 1 atom stereocenters. The number of hydrogen-bond donors (Lipinski definition) is 3. The van der Waals surface area contributed by atoms with Gasteiger partial charge in [0, 0.05) is 67.3 Å². The first-order valence-corrected chi connectivity index (χ1v) is 19.3. The molecular formula is C45H45N9O. The maximum atomic E-state index is 11.5. The van der Waals surface area contributed by atoms with Crippen molar-refractivity contribution >= 4 is 34.0 Å². The molecule has 2 aliphatic heterocycles. The van der Waals surface area contributed by atoms with Crippen molar-refractivity contribution < 1.29 is 4.79 Å². The minimum atomic E-state index is 0.146. The summed E-state index contributed by atoms with van der Waals surface area (Å²) < 4.78 is 2.04. The predicted octanol–water partition coefficient (Wildman–Crippen LogP) is 8.00. The van der Waals surface area contributed by atoms with Gasteiger partial charge in [0.2, 0.25) is 5.91 Å². The summed E-state index contributed by atoms with van der Waals surface area (Å²) in [7, 11) is 0. The number of likely N-dealkylation sites (tertiary alicyclic amines) is 1. The van der Waals surface area contributed by atoms with Crippen LogP contribution in [0.5, 0.6) is 0 Å². The van der Waals surface area contributed by atoms with Crippen LogP contribution in [-0.4, -0.2) is 61.0 Å². The van der Waals surface area contributed by atoms with Crippen molar-refractivity contribution in [3.05, 3.63) is 126 Å². The Hall–Kier alpha value is -5.97. The number of aromatic nitrogens is 5. The van der Waals surface area contributed by atoms with Crippen LogP contribution in [-0.2, 0) is 17.9 Å². The van der Waals surface area contributed by atoms with Crippen molar-refractivity contribution in [1.82, 2.24) is 40.1 Å². The Morgan fingerprint density at radius 1 is 0.818 bits per heavy atom. The minimum absolute atomic E-state index is 0.146. The van der Waals surface area contributed by atoms with Crippen LogP contribution < -0.4 is 16.0 Å². The van der Waals surface area contributed by atoms with E-state index in [1.54, 1.807) is 0 Å². The highest BCUT2D eigenvalue weighted by atomic mass is 16.1. The van der Waals surface area contributed by atoms with Gasteiger partial charge in [-0.1, -0.05) is 54.6 Å². The number of carbonyl (C=O) groups excluding carboxylic acids is 1. The Bertz CT molecular complexity index is 2520. The fourth-order valence-corrected chi connectivity index (χ4v) is 8.16. The third-order valence-electron chi connectivity index (χ3n) is 11.2. The largest absolute Gasteiger partial charge is 0.352 e. The van der Waals surface area contributed by atoms with Gasteiger partial charge in [-0.15, -0.1) is 10.2 Å². The minimum Gasteiger partial charge on any atom is -0.352 e. The number of anilines is 2. The molecule has 2 aliphatic rings. The zero-order chi connectivity index (χ0) is 37.3. The third-order valence-corrected chi connectivity index (χ3v) is 11.2. The Labute approximate surface area is 321 Å². The molecule has 3 N–H and O–H groups in total. The Morgan fingerprint density at radius 3 is 2.44 bits per heavy atom. The molecule has 0 aliphatic carbocycles. The van der Waals surface area contributed by atoms with Gasteiger partial charge in [-0.25, -0.2) is 4.98 Å². The highest BCUT2D eigenvalue weighted by Gasteiger charge is 2.20. The van der Waals surface area contributed by atoms with Gasteiger partial charge in [-0.05, 0) is 121 Å². The molecule has 2 fully saturated rings. The Kier molecular flexibility index (Phi) is 9.51. The molecule has 276 valence electrons. The van der Waals surface area contributed by atoms with E-state index in [1.807, 2.05) is 16.8 Å². The van der Waals surface area contributed by atoms with E-state index in [4.69, 9.17) is 9.97 Å². The SMILES string of the molecule is Cc1c(Nc2nccc3cc(CN4CCCC4)cnc23)cccc1-c1cccc(-c2ccn3c(-c4ccc(CNC[C@@H]5CCC(=O)N5)cc4)nnc3c2)c1C. The van der Waals surface area contributed by atoms with Crippen molar-refractivity contribution in [2.75, 3.05) is 25.0 Å². The summed E-state index contributed by atoms with van der Waals surface area (Å²) in [6.45, 7) is 9.16. The number of nitrogens with zero attached hydrogens (tertiary/aromatic N) is 6. The average Bonchev–Trinajstić information content (AvgIpc) is 3.98. The van der Waals surface area contributed by atoms with Gasteiger partial charge in [0.25, 0.3) is 0 Å². The normalized spacial score (nSPS) is 16.0. The molecule has 1 amide bonds. The van der Waals surface area contributed by atoms with Gasteiger partial charge in [0.15, 0.2) is 17.3 Å². The van der Waals surface area contributed by atoms with Gasteiger partial charge >= 0.3 is 0 Å². The van der Waals surface area contributed by atoms with Gasteiger partial charge in [0.05, 0.1) is 0 Å².